The van der Waals surface area contributed by atoms with E-state index in [-0.39, 0.29) is 30.4 Å². The maximum absolute atomic E-state index is 13.2. The molecule has 2 aliphatic heterocycles. The Hall–Kier alpha value is -2.38. The second-order valence-corrected chi connectivity index (χ2v) is 7.92. The van der Waals surface area contributed by atoms with Crippen LogP contribution in [0.25, 0.3) is 5.57 Å². The zero-order chi connectivity index (χ0) is 21.1. The summed E-state index contributed by atoms with van der Waals surface area (Å²) in [5.41, 5.74) is 2.67. The van der Waals surface area contributed by atoms with Crippen LogP contribution in [0, 0.1) is 0 Å². The quantitative estimate of drug-likeness (QED) is 0.699. The number of rotatable bonds is 4. The molecule has 0 aliphatic carbocycles. The molecule has 1 fully saturated rings. The highest BCUT2D eigenvalue weighted by molar-refractivity contribution is 6.42. The highest BCUT2D eigenvalue weighted by atomic mass is 35.5. The summed E-state index contributed by atoms with van der Waals surface area (Å²) < 4.78 is 11.0. The van der Waals surface area contributed by atoms with Crippen LogP contribution in [0.15, 0.2) is 48.7 Å². The maximum Gasteiger partial charge on any atom is 0.315 e. The first-order chi connectivity index (χ1) is 14.5. The van der Waals surface area contributed by atoms with E-state index in [1.165, 1.54) is 6.26 Å². The summed E-state index contributed by atoms with van der Waals surface area (Å²) in [6.07, 6.45) is 1.16. The SMILES string of the molecule is O=C1CC(c2ccccc2C(=O)N[C@@H]2CNCCO[C@H]2c2ccc(Cl)c(Cl)c2)=CO1. The van der Waals surface area contributed by atoms with Crippen LogP contribution in [0.2, 0.25) is 10.0 Å². The van der Waals surface area contributed by atoms with Gasteiger partial charge in [0.2, 0.25) is 0 Å². The average Bonchev–Trinajstić information content (AvgIpc) is 3.05. The van der Waals surface area contributed by atoms with Gasteiger partial charge in [0.1, 0.15) is 6.10 Å². The number of nitrogens with one attached hydrogen (secondary N) is 2. The second-order valence-electron chi connectivity index (χ2n) is 7.10. The summed E-state index contributed by atoms with van der Waals surface area (Å²) in [6, 6.07) is 12.1. The molecule has 30 heavy (non-hydrogen) atoms. The van der Waals surface area contributed by atoms with Crippen molar-refractivity contribution in [3.8, 4) is 0 Å². The number of carbonyl (C=O) groups is 2. The molecule has 2 heterocycles. The van der Waals surface area contributed by atoms with E-state index in [9.17, 15) is 9.59 Å². The predicted octanol–water partition coefficient (Wildman–Crippen LogP) is 3.74. The third-order valence-corrected chi connectivity index (χ3v) is 5.82. The van der Waals surface area contributed by atoms with E-state index in [4.69, 9.17) is 32.7 Å². The average molecular weight is 447 g/mol. The number of ether oxygens (including phenoxy) is 2. The minimum Gasteiger partial charge on any atom is -0.434 e. The zero-order valence-electron chi connectivity index (χ0n) is 16.0. The molecular weight excluding hydrogens is 427 g/mol. The Kier molecular flexibility index (Phi) is 6.39. The lowest BCUT2D eigenvalue weighted by Gasteiger charge is -2.27. The Balaban J connectivity index is 1.59. The van der Waals surface area contributed by atoms with Crippen molar-refractivity contribution in [1.29, 1.82) is 0 Å². The Morgan fingerprint density at radius 3 is 2.73 bits per heavy atom. The Morgan fingerprint density at radius 1 is 1.13 bits per heavy atom. The van der Waals surface area contributed by atoms with Crippen LogP contribution in [0.3, 0.4) is 0 Å². The minimum atomic E-state index is -0.388. The van der Waals surface area contributed by atoms with Crippen molar-refractivity contribution >= 4 is 40.7 Å². The van der Waals surface area contributed by atoms with Gasteiger partial charge in [0, 0.05) is 24.2 Å². The van der Waals surface area contributed by atoms with Crippen LogP contribution in [-0.4, -0.2) is 37.6 Å². The molecule has 0 spiro atoms. The number of benzene rings is 2. The van der Waals surface area contributed by atoms with E-state index in [0.717, 1.165) is 5.56 Å². The lowest BCUT2D eigenvalue weighted by atomic mass is 9.97. The van der Waals surface area contributed by atoms with Crippen LogP contribution >= 0.6 is 23.2 Å². The standard InChI is InChI=1S/C22H20Cl2N2O4/c23-17-6-5-13(9-18(17)24)21-19(11-25-7-8-29-21)26-22(28)16-4-2-1-3-15(16)14-10-20(27)30-12-14/h1-6,9,12,19,21,25H,7-8,10-11H2,(H,26,28)/t19-,21+/m1/s1. The van der Waals surface area contributed by atoms with Crippen molar-refractivity contribution in [3.05, 3.63) is 75.5 Å². The smallest absolute Gasteiger partial charge is 0.315 e. The fourth-order valence-corrected chi connectivity index (χ4v) is 3.93. The van der Waals surface area contributed by atoms with Crippen molar-refractivity contribution in [2.24, 2.45) is 0 Å². The Morgan fingerprint density at radius 2 is 1.97 bits per heavy atom. The van der Waals surface area contributed by atoms with Gasteiger partial charge in [-0.15, -0.1) is 0 Å². The van der Waals surface area contributed by atoms with Crippen molar-refractivity contribution in [2.75, 3.05) is 19.7 Å². The molecular formula is C22H20Cl2N2O4. The first-order valence-electron chi connectivity index (χ1n) is 9.59. The Bertz CT molecular complexity index is 1010. The van der Waals surface area contributed by atoms with Crippen molar-refractivity contribution in [3.63, 3.8) is 0 Å². The molecule has 8 heteroatoms. The molecule has 2 aliphatic rings. The molecule has 0 bridgehead atoms. The van der Waals surface area contributed by atoms with Crippen molar-refractivity contribution in [1.82, 2.24) is 10.6 Å². The lowest BCUT2D eigenvalue weighted by Crippen LogP contribution is -2.45. The van der Waals surface area contributed by atoms with Crippen molar-refractivity contribution in [2.45, 2.75) is 18.6 Å². The van der Waals surface area contributed by atoms with Gasteiger partial charge in [-0.25, -0.2) is 0 Å². The molecule has 0 unspecified atom stereocenters. The largest absolute Gasteiger partial charge is 0.434 e. The highest BCUT2D eigenvalue weighted by Crippen LogP contribution is 2.30. The summed E-state index contributed by atoms with van der Waals surface area (Å²) in [6.45, 7) is 1.70. The zero-order valence-corrected chi connectivity index (χ0v) is 17.5. The summed E-state index contributed by atoms with van der Waals surface area (Å²) in [5.74, 6) is -0.588. The van der Waals surface area contributed by atoms with Crippen LogP contribution in [0.5, 0.6) is 0 Å². The van der Waals surface area contributed by atoms with Gasteiger partial charge in [-0.05, 0) is 29.3 Å². The third kappa shape index (κ3) is 4.52. The molecule has 0 aromatic heterocycles. The number of hydrogen-bond acceptors (Lipinski definition) is 5. The molecule has 2 aromatic carbocycles. The molecule has 2 N–H and O–H groups in total. The number of halogens is 2. The molecule has 2 aromatic rings. The third-order valence-electron chi connectivity index (χ3n) is 5.08. The van der Waals surface area contributed by atoms with Gasteiger partial charge in [-0.3, -0.25) is 9.59 Å². The summed E-state index contributed by atoms with van der Waals surface area (Å²) >= 11 is 12.2. The van der Waals surface area contributed by atoms with E-state index in [1.54, 1.807) is 30.3 Å². The number of amides is 1. The van der Waals surface area contributed by atoms with Gasteiger partial charge in [-0.2, -0.15) is 0 Å². The van der Waals surface area contributed by atoms with Gasteiger partial charge in [0.25, 0.3) is 5.91 Å². The van der Waals surface area contributed by atoms with Crippen molar-refractivity contribution < 1.29 is 19.1 Å². The molecule has 6 nitrogen and oxygen atoms in total. The first kappa shape index (κ1) is 20.9. The maximum atomic E-state index is 13.2. The summed E-state index contributed by atoms with van der Waals surface area (Å²) in [4.78, 5) is 24.7. The Labute approximate surface area is 184 Å². The molecule has 0 radical (unpaired) electrons. The first-order valence-corrected chi connectivity index (χ1v) is 10.3. The molecule has 1 saturated heterocycles. The van der Waals surface area contributed by atoms with E-state index < -0.39 is 0 Å². The van der Waals surface area contributed by atoms with E-state index in [0.29, 0.717) is 46.4 Å². The number of cyclic esters (lactones) is 1. The normalized spacial score (nSPS) is 21.5. The number of carbonyl (C=O) groups excluding carboxylic acids is 2. The fraction of sp³-hybridized carbons (Fsp3) is 0.273. The van der Waals surface area contributed by atoms with Crippen LogP contribution in [0.4, 0.5) is 0 Å². The van der Waals surface area contributed by atoms with Crippen LogP contribution in [-0.2, 0) is 14.3 Å². The molecule has 4 rings (SSSR count). The van der Waals surface area contributed by atoms with E-state index in [1.807, 2.05) is 12.1 Å². The summed E-state index contributed by atoms with van der Waals surface area (Å²) in [5, 5.41) is 7.25. The van der Waals surface area contributed by atoms with Gasteiger partial charge in [0.15, 0.2) is 0 Å². The number of esters is 1. The molecule has 2 atom stereocenters. The minimum absolute atomic E-state index is 0.143. The number of hydrogen-bond donors (Lipinski definition) is 2. The van der Waals surface area contributed by atoms with Crippen LogP contribution in [0.1, 0.15) is 34.0 Å². The van der Waals surface area contributed by atoms with Crippen LogP contribution < -0.4 is 10.6 Å². The van der Waals surface area contributed by atoms with E-state index in [2.05, 4.69) is 10.6 Å². The van der Waals surface area contributed by atoms with Gasteiger partial charge in [-0.1, -0.05) is 47.5 Å². The monoisotopic (exact) mass is 446 g/mol. The molecule has 0 saturated carbocycles. The van der Waals surface area contributed by atoms with Gasteiger partial charge in [0.05, 0.1) is 35.4 Å². The van der Waals surface area contributed by atoms with E-state index >= 15 is 0 Å². The van der Waals surface area contributed by atoms with Gasteiger partial charge >= 0.3 is 5.97 Å². The fourth-order valence-electron chi connectivity index (χ4n) is 3.63. The lowest BCUT2D eigenvalue weighted by molar-refractivity contribution is -0.135. The second kappa shape index (κ2) is 9.18. The molecule has 156 valence electrons. The summed E-state index contributed by atoms with van der Waals surface area (Å²) in [7, 11) is 0. The van der Waals surface area contributed by atoms with Gasteiger partial charge < -0.3 is 20.1 Å². The molecule has 1 amide bonds. The predicted molar refractivity (Wildman–Crippen MR) is 114 cm³/mol. The highest BCUT2D eigenvalue weighted by Gasteiger charge is 2.29. The topological polar surface area (TPSA) is 76.7 Å².